The molecule has 3 aliphatic heterocycles. The van der Waals surface area contributed by atoms with Crippen LogP contribution in [0.3, 0.4) is 0 Å². The van der Waals surface area contributed by atoms with Crippen molar-refractivity contribution in [3.8, 4) is 5.75 Å². The largest absolute Gasteiger partial charge is 0.495 e. The highest BCUT2D eigenvalue weighted by molar-refractivity contribution is 5.80. The predicted octanol–water partition coefficient (Wildman–Crippen LogP) is 5.51. The summed E-state index contributed by atoms with van der Waals surface area (Å²) in [6.07, 6.45) is 8.02. The number of para-hydroxylation sites is 2. The molecule has 1 spiro atoms. The lowest BCUT2D eigenvalue weighted by Crippen LogP contribution is -2.64. The van der Waals surface area contributed by atoms with Crippen LogP contribution in [0.25, 0.3) is 0 Å². The van der Waals surface area contributed by atoms with E-state index in [1.807, 2.05) is 7.11 Å². The highest BCUT2D eigenvalue weighted by Crippen LogP contribution is 2.67. The summed E-state index contributed by atoms with van der Waals surface area (Å²) in [6.45, 7) is 4.99. The molecule has 0 bridgehead atoms. The molecule has 2 saturated heterocycles. The van der Waals surface area contributed by atoms with Gasteiger partial charge in [-0.3, -0.25) is 4.90 Å². The number of nitrogens with zero attached hydrogens (tertiary/aromatic N) is 2. The van der Waals surface area contributed by atoms with Gasteiger partial charge in [0.25, 0.3) is 0 Å². The second kappa shape index (κ2) is 6.25. The predicted molar refractivity (Wildman–Crippen MR) is 118 cm³/mol. The zero-order valence-electron chi connectivity index (χ0n) is 17.7. The number of rotatable bonds is 3. The van der Waals surface area contributed by atoms with Crippen LogP contribution in [0, 0.1) is 5.41 Å². The fourth-order valence-corrected chi connectivity index (χ4v) is 7.89. The van der Waals surface area contributed by atoms with Gasteiger partial charge in [-0.25, -0.2) is 0 Å². The summed E-state index contributed by atoms with van der Waals surface area (Å²) < 4.78 is 5.95. The zero-order chi connectivity index (χ0) is 19.6. The topological polar surface area (TPSA) is 15.7 Å². The van der Waals surface area contributed by atoms with E-state index < -0.39 is 0 Å². The highest BCUT2D eigenvalue weighted by Gasteiger charge is 2.68. The van der Waals surface area contributed by atoms with E-state index in [4.69, 9.17) is 4.74 Å². The molecule has 152 valence electrons. The molecule has 3 heteroatoms. The van der Waals surface area contributed by atoms with Gasteiger partial charge in [0.15, 0.2) is 0 Å². The standard InChI is InChI=1S/C26H32N2O/c1-3-25-14-8-17-27-18-16-26(24(25)27)20-11-7-12-21(29-2)23(20)28(22(26)13-15-25)19-9-5-4-6-10-19/h4-7,9-12,22,24H,3,8,13-18H2,1-2H3. The average Bonchev–Trinajstić information content (AvgIpc) is 3.32. The lowest BCUT2D eigenvalue weighted by atomic mass is 9.52. The summed E-state index contributed by atoms with van der Waals surface area (Å²) in [6, 6.07) is 19.1. The van der Waals surface area contributed by atoms with Crippen LogP contribution in [0.1, 0.15) is 51.0 Å². The van der Waals surface area contributed by atoms with Crippen LogP contribution in [0.15, 0.2) is 48.5 Å². The van der Waals surface area contributed by atoms with E-state index in [9.17, 15) is 0 Å². The first kappa shape index (κ1) is 17.8. The number of benzene rings is 2. The second-order valence-electron chi connectivity index (χ2n) is 9.66. The van der Waals surface area contributed by atoms with Crippen LogP contribution in [0.2, 0.25) is 0 Å². The van der Waals surface area contributed by atoms with Crippen LogP contribution in [0.4, 0.5) is 11.4 Å². The maximum atomic E-state index is 5.95. The summed E-state index contributed by atoms with van der Waals surface area (Å²) >= 11 is 0. The maximum absolute atomic E-state index is 5.95. The van der Waals surface area contributed by atoms with Crippen molar-refractivity contribution in [1.82, 2.24) is 4.90 Å². The number of piperidine rings is 1. The van der Waals surface area contributed by atoms with E-state index in [1.165, 1.54) is 63.0 Å². The minimum absolute atomic E-state index is 0.231. The van der Waals surface area contributed by atoms with Crippen molar-refractivity contribution in [3.05, 3.63) is 54.1 Å². The third-order valence-electron chi connectivity index (χ3n) is 8.89. The third kappa shape index (κ3) is 2.12. The van der Waals surface area contributed by atoms with Crippen LogP contribution in [0.5, 0.6) is 5.75 Å². The molecule has 2 aromatic carbocycles. The van der Waals surface area contributed by atoms with Gasteiger partial charge in [0.2, 0.25) is 0 Å². The monoisotopic (exact) mass is 388 g/mol. The van der Waals surface area contributed by atoms with Crippen molar-refractivity contribution in [2.24, 2.45) is 5.41 Å². The van der Waals surface area contributed by atoms with Crippen molar-refractivity contribution < 1.29 is 4.74 Å². The highest BCUT2D eigenvalue weighted by atomic mass is 16.5. The number of ether oxygens (including phenoxy) is 1. The Morgan fingerprint density at radius 3 is 2.66 bits per heavy atom. The minimum Gasteiger partial charge on any atom is -0.495 e. The molecule has 0 aromatic heterocycles. The van der Waals surface area contributed by atoms with Gasteiger partial charge in [-0.2, -0.15) is 0 Å². The van der Waals surface area contributed by atoms with Gasteiger partial charge in [-0.15, -0.1) is 0 Å². The van der Waals surface area contributed by atoms with Crippen molar-refractivity contribution in [1.29, 1.82) is 0 Å². The van der Waals surface area contributed by atoms with Gasteiger partial charge >= 0.3 is 0 Å². The van der Waals surface area contributed by atoms with E-state index in [0.717, 1.165) is 5.75 Å². The molecule has 1 aliphatic carbocycles. The van der Waals surface area contributed by atoms with E-state index >= 15 is 0 Å². The van der Waals surface area contributed by atoms with Gasteiger partial charge < -0.3 is 9.64 Å². The second-order valence-corrected chi connectivity index (χ2v) is 9.66. The number of hydrogen-bond acceptors (Lipinski definition) is 3. The van der Waals surface area contributed by atoms with Crippen molar-refractivity contribution >= 4 is 11.4 Å². The van der Waals surface area contributed by atoms with Crippen molar-refractivity contribution in [3.63, 3.8) is 0 Å². The number of hydrogen-bond donors (Lipinski definition) is 0. The van der Waals surface area contributed by atoms with Crippen molar-refractivity contribution in [2.45, 2.75) is 62.9 Å². The number of methoxy groups -OCH3 is 1. The lowest BCUT2D eigenvalue weighted by Gasteiger charge is -2.58. The van der Waals surface area contributed by atoms with E-state index in [1.54, 1.807) is 5.56 Å². The summed E-state index contributed by atoms with van der Waals surface area (Å²) in [5.74, 6) is 1.03. The molecular formula is C26H32N2O. The Morgan fingerprint density at radius 1 is 1.00 bits per heavy atom. The third-order valence-corrected chi connectivity index (χ3v) is 8.89. The Bertz CT molecular complexity index is 928. The molecule has 4 aliphatic rings. The first-order chi connectivity index (χ1) is 14.2. The Kier molecular flexibility index (Phi) is 3.84. The molecule has 2 aromatic rings. The fourth-order valence-electron chi connectivity index (χ4n) is 7.89. The zero-order valence-corrected chi connectivity index (χ0v) is 17.7. The summed E-state index contributed by atoms with van der Waals surface area (Å²) in [7, 11) is 1.83. The summed E-state index contributed by atoms with van der Waals surface area (Å²) in [5, 5.41) is 0. The van der Waals surface area contributed by atoms with Gasteiger partial charge in [-0.1, -0.05) is 37.3 Å². The fraction of sp³-hybridized carbons (Fsp3) is 0.538. The molecule has 0 N–H and O–H groups in total. The summed E-state index contributed by atoms with van der Waals surface area (Å²) in [5.41, 5.74) is 4.92. The first-order valence-corrected chi connectivity index (χ1v) is 11.5. The Labute approximate surface area is 174 Å². The average molecular weight is 389 g/mol. The molecule has 3 fully saturated rings. The number of anilines is 2. The Hall–Kier alpha value is -2.00. The van der Waals surface area contributed by atoms with Crippen LogP contribution in [-0.4, -0.2) is 37.2 Å². The Balaban J connectivity index is 1.62. The van der Waals surface area contributed by atoms with E-state index in [-0.39, 0.29) is 5.41 Å². The van der Waals surface area contributed by atoms with Crippen LogP contribution >= 0.6 is 0 Å². The molecule has 3 nitrogen and oxygen atoms in total. The normalized spacial score (nSPS) is 35.2. The van der Waals surface area contributed by atoms with Crippen molar-refractivity contribution in [2.75, 3.05) is 25.1 Å². The molecule has 1 saturated carbocycles. The first-order valence-electron chi connectivity index (χ1n) is 11.5. The molecule has 4 unspecified atom stereocenters. The quantitative estimate of drug-likeness (QED) is 0.689. The molecule has 6 rings (SSSR count). The van der Waals surface area contributed by atoms with Gasteiger partial charge in [0, 0.05) is 23.2 Å². The molecule has 0 radical (unpaired) electrons. The molecule has 3 heterocycles. The number of fused-ring (bicyclic) bond motifs is 1. The lowest BCUT2D eigenvalue weighted by molar-refractivity contribution is -0.0331. The SMILES string of the molecule is CCC12CCCN3CCC4(c5cccc(OC)c5N(c5ccccc5)C4CC1)C32. The van der Waals surface area contributed by atoms with Gasteiger partial charge in [0.05, 0.1) is 12.8 Å². The van der Waals surface area contributed by atoms with Gasteiger partial charge in [0.1, 0.15) is 5.75 Å². The smallest absolute Gasteiger partial charge is 0.142 e. The van der Waals surface area contributed by atoms with E-state index in [2.05, 4.69) is 65.3 Å². The van der Waals surface area contributed by atoms with Crippen LogP contribution in [-0.2, 0) is 5.41 Å². The molecule has 29 heavy (non-hydrogen) atoms. The molecule has 4 atom stereocenters. The van der Waals surface area contributed by atoms with E-state index in [0.29, 0.717) is 17.5 Å². The molecular weight excluding hydrogens is 356 g/mol. The van der Waals surface area contributed by atoms with Gasteiger partial charge in [-0.05, 0) is 80.8 Å². The van der Waals surface area contributed by atoms with Crippen LogP contribution < -0.4 is 9.64 Å². The molecule has 0 amide bonds. The maximum Gasteiger partial charge on any atom is 0.142 e. The Morgan fingerprint density at radius 2 is 1.86 bits per heavy atom. The minimum atomic E-state index is 0.231. The summed E-state index contributed by atoms with van der Waals surface area (Å²) in [4.78, 5) is 5.53.